The molecule has 0 aliphatic carbocycles. The van der Waals surface area contributed by atoms with E-state index in [1.165, 1.54) is 5.56 Å². The van der Waals surface area contributed by atoms with Crippen LogP contribution in [0.3, 0.4) is 0 Å². The smallest absolute Gasteiger partial charge is 0.161 e. The van der Waals surface area contributed by atoms with Crippen molar-refractivity contribution in [3.05, 3.63) is 23.8 Å². The van der Waals surface area contributed by atoms with E-state index in [4.69, 9.17) is 21.1 Å². The Labute approximate surface area is 134 Å². The van der Waals surface area contributed by atoms with Gasteiger partial charge >= 0.3 is 0 Å². The molecule has 0 aliphatic heterocycles. The van der Waals surface area contributed by atoms with Gasteiger partial charge in [-0.1, -0.05) is 40.7 Å². The van der Waals surface area contributed by atoms with Crippen molar-refractivity contribution >= 4 is 11.6 Å². The van der Waals surface area contributed by atoms with Gasteiger partial charge in [-0.25, -0.2) is 0 Å². The zero-order valence-electron chi connectivity index (χ0n) is 14.0. The minimum absolute atomic E-state index is 0.433. The van der Waals surface area contributed by atoms with E-state index in [0.29, 0.717) is 36.8 Å². The molecule has 120 valence electrons. The van der Waals surface area contributed by atoms with Gasteiger partial charge in [0.25, 0.3) is 0 Å². The summed E-state index contributed by atoms with van der Waals surface area (Å²) < 4.78 is 11.8. The first-order chi connectivity index (χ1) is 9.93. The average Bonchev–Trinajstić information content (AvgIpc) is 2.43. The van der Waals surface area contributed by atoms with Gasteiger partial charge in [-0.05, 0) is 41.9 Å². The first-order valence-electron chi connectivity index (χ1n) is 7.89. The lowest BCUT2D eigenvalue weighted by molar-refractivity contribution is 0.229. The fraction of sp³-hybridized carbons (Fsp3) is 0.667. The van der Waals surface area contributed by atoms with Crippen molar-refractivity contribution in [1.82, 2.24) is 0 Å². The van der Waals surface area contributed by atoms with Crippen LogP contribution in [-0.2, 0) is 0 Å². The van der Waals surface area contributed by atoms with Crippen molar-refractivity contribution in [1.29, 1.82) is 0 Å². The maximum Gasteiger partial charge on any atom is 0.161 e. The molecule has 0 saturated heterocycles. The fourth-order valence-electron chi connectivity index (χ4n) is 1.91. The van der Waals surface area contributed by atoms with Crippen LogP contribution < -0.4 is 9.47 Å². The molecule has 1 rings (SSSR count). The summed E-state index contributed by atoms with van der Waals surface area (Å²) in [5.41, 5.74) is 1.26. The summed E-state index contributed by atoms with van der Waals surface area (Å²) in [5.74, 6) is 3.79. The monoisotopic (exact) mass is 312 g/mol. The van der Waals surface area contributed by atoms with Crippen LogP contribution in [0, 0.1) is 11.8 Å². The van der Waals surface area contributed by atoms with Crippen molar-refractivity contribution in [3.63, 3.8) is 0 Å². The maximum atomic E-state index is 5.94. The molecule has 2 nitrogen and oxygen atoms in total. The normalized spacial score (nSPS) is 12.8. The molecular formula is C18H29ClO2. The Morgan fingerprint density at radius 1 is 0.905 bits per heavy atom. The van der Waals surface area contributed by atoms with Gasteiger partial charge in [-0.15, -0.1) is 11.6 Å². The second-order valence-electron chi connectivity index (χ2n) is 6.49. The molecule has 21 heavy (non-hydrogen) atoms. The van der Waals surface area contributed by atoms with Gasteiger partial charge in [0.05, 0.1) is 13.2 Å². The van der Waals surface area contributed by atoms with Crippen LogP contribution in [0.5, 0.6) is 11.5 Å². The molecule has 0 radical (unpaired) electrons. The van der Waals surface area contributed by atoms with E-state index in [2.05, 4.69) is 46.8 Å². The minimum atomic E-state index is 0.433. The lowest BCUT2D eigenvalue weighted by Crippen LogP contribution is -2.09. The van der Waals surface area contributed by atoms with E-state index >= 15 is 0 Å². The molecule has 0 N–H and O–H groups in total. The maximum absolute atomic E-state index is 5.94. The third kappa shape index (κ3) is 6.60. The number of hydrogen-bond acceptors (Lipinski definition) is 2. The van der Waals surface area contributed by atoms with Crippen LogP contribution >= 0.6 is 11.6 Å². The summed E-state index contributed by atoms with van der Waals surface area (Å²) in [5, 5.41) is 0. The Hall–Kier alpha value is -0.890. The number of benzene rings is 1. The Balaban J connectivity index is 2.90. The van der Waals surface area contributed by atoms with E-state index in [-0.39, 0.29) is 0 Å². The number of rotatable bonds is 9. The molecule has 1 unspecified atom stereocenters. The average molecular weight is 313 g/mol. The third-order valence-corrected chi connectivity index (χ3v) is 3.44. The summed E-state index contributed by atoms with van der Waals surface area (Å²) in [4.78, 5) is 0. The van der Waals surface area contributed by atoms with E-state index in [1.54, 1.807) is 0 Å². The van der Waals surface area contributed by atoms with E-state index in [1.807, 2.05) is 6.07 Å². The third-order valence-electron chi connectivity index (χ3n) is 3.22. The largest absolute Gasteiger partial charge is 0.489 e. The van der Waals surface area contributed by atoms with Crippen LogP contribution in [-0.4, -0.2) is 19.1 Å². The van der Waals surface area contributed by atoms with Crippen LogP contribution in [0.4, 0.5) is 0 Å². The molecule has 0 saturated carbocycles. The van der Waals surface area contributed by atoms with Crippen LogP contribution in [0.2, 0.25) is 0 Å². The predicted molar refractivity (Wildman–Crippen MR) is 90.9 cm³/mol. The highest BCUT2D eigenvalue weighted by Crippen LogP contribution is 2.33. The first kappa shape index (κ1) is 18.2. The van der Waals surface area contributed by atoms with Crippen molar-refractivity contribution in [2.75, 3.05) is 19.1 Å². The summed E-state index contributed by atoms with van der Waals surface area (Å²) in [7, 11) is 0. The number of alkyl halides is 1. The molecule has 1 aromatic carbocycles. The Morgan fingerprint density at radius 2 is 1.48 bits per heavy atom. The van der Waals surface area contributed by atoms with Crippen LogP contribution in [0.1, 0.15) is 52.5 Å². The molecule has 0 heterocycles. The van der Waals surface area contributed by atoms with E-state index in [9.17, 15) is 0 Å². The highest BCUT2D eigenvalue weighted by Gasteiger charge is 2.12. The molecule has 0 aromatic heterocycles. The Kier molecular flexibility index (Phi) is 7.95. The first-order valence-corrected chi connectivity index (χ1v) is 8.43. The zero-order valence-corrected chi connectivity index (χ0v) is 14.7. The minimum Gasteiger partial charge on any atom is -0.489 e. The number of hydrogen-bond donors (Lipinski definition) is 0. The molecule has 3 heteroatoms. The van der Waals surface area contributed by atoms with Crippen molar-refractivity contribution in [3.8, 4) is 11.5 Å². The highest BCUT2D eigenvalue weighted by atomic mass is 35.5. The highest BCUT2D eigenvalue weighted by molar-refractivity contribution is 6.17. The second-order valence-corrected chi connectivity index (χ2v) is 6.87. The van der Waals surface area contributed by atoms with Gasteiger partial charge in [0.15, 0.2) is 11.5 Å². The summed E-state index contributed by atoms with van der Waals surface area (Å²) in [6.07, 6.45) is 0.970. The summed E-state index contributed by atoms with van der Waals surface area (Å²) >= 11 is 5.85. The Morgan fingerprint density at radius 3 is 2.00 bits per heavy atom. The molecule has 1 atom stereocenters. The molecular weight excluding hydrogens is 284 g/mol. The second kappa shape index (κ2) is 9.19. The van der Waals surface area contributed by atoms with E-state index in [0.717, 1.165) is 17.9 Å². The van der Waals surface area contributed by atoms with Crippen molar-refractivity contribution in [2.45, 2.75) is 47.0 Å². The van der Waals surface area contributed by atoms with Crippen molar-refractivity contribution in [2.24, 2.45) is 11.8 Å². The number of halogens is 1. The van der Waals surface area contributed by atoms with Crippen LogP contribution in [0.25, 0.3) is 0 Å². The lowest BCUT2D eigenvalue weighted by atomic mass is 9.98. The lowest BCUT2D eigenvalue weighted by Gasteiger charge is -2.18. The molecule has 0 aliphatic rings. The molecule has 0 fully saturated rings. The Bertz CT molecular complexity index is 416. The summed E-state index contributed by atoms with van der Waals surface area (Å²) in [6, 6.07) is 6.25. The van der Waals surface area contributed by atoms with Gasteiger partial charge < -0.3 is 9.47 Å². The van der Waals surface area contributed by atoms with E-state index < -0.39 is 0 Å². The number of ether oxygens (including phenoxy) is 2. The fourth-order valence-corrected chi connectivity index (χ4v) is 2.23. The quantitative estimate of drug-likeness (QED) is 0.561. The summed E-state index contributed by atoms with van der Waals surface area (Å²) in [6.45, 7) is 12.2. The van der Waals surface area contributed by atoms with Crippen LogP contribution in [0.15, 0.2) is 18.2 Å². The topological polar surface area (TPSA) is 18.5 Å². The molecule has 0 amide bonds. The standard InChI is InChI=1S/C18H29ClO2/c1-13(2)11-20-17-7-6-16(15(5)8-9-19)10-18(17)21-12-14(3)4/h6-7,10,13-15H,8-9,11-12H2,1-5H3. The molecule has 0 bridgehead atoms. The van der Waals surface area contributed by atoms with Gasteiger partial charge in [-0.2, -0.15) is 0 Å². The molecule has 0 spiro atoms. The van der Waals surface area contributed by atoms with Gasteiger partial charge in [0, 0.05) is 5.88 Å². The van der Waals surface area contributed by atoms with Gasteiger partial charge in [0.2, 0.25) is 0 Å². The molecule has 1 aromatic rings. The van der Waals surface area contributed by atoms with Gasteiger partial charge in [-0.3, -0.25) is 0 Å². The van der Waals surface area contributed by atoms with Crippen molar-refractivity contribution < 1.29 is 9.47 Å². The predicted octanol–water partition coefficient (Wildman–Crippen LogP) is 5.49. The SMILES string of the molecule is CC(C)COc1ccc(C(C)CCCl)cc1OCC(C)C. The zero-order chi connectivity index (χ0) is 15.8. The van der Waals surface area contributed by atoms with Gasteiger partial charge in [0.1, 0.15) is 0 Å².